The number of anilines is 2. The Kier molecular flexibility index (Phi) is 3.99. The van der Waals surface area contributed by atoms with Crippen LogP contribution >= 0.6 is 0 Å². The Morgan fingerprint density at radius 2 is 2.14 bits per heavy atom. The van der Waals surface area contributed by atoms with Crippen molar-refractivity contribution in [2.45, 2.75) is 37.8 Å². The minimum atomic E-state index is -0.419. The molecule has 2 unspecified atom stereocenters. The highest BCUT2D eigenvalue weighted by Crippen LogP contribution is 2.35. The van der Waals surface area contributed by atoms with Crippen molar-refractivity contribution in [1.82, 2.24) is 15.1 Å². The monoisotopic (exact) mass is 290 g/mol. The summed E-state index contributed by atoms with van der Waals surface area (Å²) in [4.78, 5) is 2.12. The summed E-state index contributed by atoms with van der Waals surface area (Å²) in [6.45, 7) is 3.54. The maximum Gasteiger partial charge on any atom is 0.170 e. The molecule has 2 aliphatic rings. The van der Waals surface area contributed by atoms with Gasteiger partial charge in [-0.05, 0) is 32.2 Å². The molecule has 1 aliphatic carbocycles. The third-order valence-electron chi connectivity index (χ3n) is 4.44. The molecule has 1 aromatic rings. The van der Waals surface area contributed by atoms with Crippen molar-refractivity contribution in [2.24, 2.45) is 0 Å². The van der Waals surface area contributed by atoms with Gasteiger partial charge in [-0.3, -0.25) is 0 Å². The second-order valence-corrected chi connectivity index (χ2v) is 5.80. The summed E-state index contributed by atoms with van der Waals surface area (Å²) >= 11 is 0. The summed E-state index contributed by atoms with van der Waals surface area (Å²) < 4.78 is 1.67. The Balaban J connectivity index is 1.95. The number of hydrogen-bond donors (Lipinski definition) is 3. The van der Waals surface area contributed by atoms with E-state index in [0.29, 0.717) is 17.2 Å². The molecule has 0 bridgehead atoms. The third kappa shape index (κ3) is 2.57. The van der Waals surface area contributed by atoms with Gasteiger partial charge in [0.1, 0.15) is 17.5 Å². The van der Waals surface area contributed by atoms with Crippen molar-refractivity contribution in [1.29, 1.82) is 5.26 Å². The average Bonchev–Trinajstić information content (AvgIpc) is 2.91. The molecule has 1 aliphatic heterocycles. The van der Waals surface area contributed by atoms with E-state index >= 15 is 0 Å². The van der Waals surface area contributed by atoms with Crippen molar-refractivity contribution >= 4 is 11.6 Å². The lowest BCUT2D eigenvalue weighted by Gasteiger charge is -2.20. The molecule has 1 saturated carbocycles. The minimum Gasteiger partial charge on any atom is -0.391 e. The van der Waals surface area contributed by atoms with Gasteiger partial charge in [-0.1, -0.05) is 0 Å². The Morgan fingerprint density at radius 3 is 2.86 bits per heavy atom. The fourth-order valence-electron chi connectivity index (χ4n) is 3.28. The lowest BCUT2D eigenvalue weighted by molar-refractivity contribution is 0.131. The van der Waals surface area contributed by atoms with Crippen molar-refractivity contribution in [3.63, 3.8) is 0 Å². The number of nitrogens with two attached hydrogens (primary N) is 1. The van der Waals surface area contributed by atoms with E-state index in [1.165, 1.54) is 0 Å². The van der Waals surface area contributed by atoms with Crippen molar-refractivity contribution in [2.75, 3.05) is 36.8 Å². The molecule has 2 atom stereocenters. The van der Waals surface area contributed by atoms with Crippen LogP contribution in [0.2, 0.25) is 0 Å². The van der Waals surface area contributed by atoms with Gasteiger partial charge in [0.25, 0.3) is 0 Å². The molecule has 2 heterocycles. The van der Waals surface area contributed by atoms with Crippen LogP contribution in [0.15, 0.2) is 0 Å². The Hall–Kier alpha value is -1.78. The number of nitriles is 1. The number of hydrogen-bond acceptors (Lipinski definition) is 6. The largest absolute Gasteiger partial charge is 0.391 e. The predicted octanol–water partition coefficient (Wildman–Crippen LogP) is 0.223. The first-order valence-corrected chi connectivity index (χ1v) is 7.64. The molecule has 21 heavy (non-hydrogen) atoms. The molecular formula is C14H22N6O. The minimum absolute atomic E-state index is 0.101. The van der Waals surface area contributed by atoms with Gasteiger partial charge in [0, 0.05) is 19.6 Å². The van der Waals surface area contributed by atoms with Crippen LogP contribution < -0.4 is 16.0 Å². The number of nitrogen functional groups attached to an aromatic ring is 1. The smallest absolute Gasteiger partial charge is 0.170 e. The first-order chi connectivity index (χ1) is 10.2. The van der Waals surface area contributed by atoms with Gasteiger partial charge in [0.2, 0.25) is 0 Å². The van der Waals surface area contributed by atoms with Crippen molar-refractivity contribution < 1.29 is 5.11 Å². The van der Waals surface area contributed by atoms with E-state index < -0.39 is 6.10 Å². The third-order valence-corrected chi connectivity index (χ3v) is 4.44. The van der Waals surface area contributed by atoms with Gasteiger partial charge in [-0.2, -0.15) is 10.4 Å². The number of nitrogens with one attached hydrogen (secondary N) is 1. The molecule has 114 valence electrons. The standard InChI is InChI=1S/C14H22N6O/c15-9-10-13(16)20(11-3-1-4-12(11)21)18-14(10)19-7-2-5-17-6-8-19/h11-12,17,21H,1-8,16H2. The second-order valence-electron chi connectivity index (χ2n) is 5.80. The van der Waals surface area contributed by atoms with Crippen LogP contribution in [0.4, 0.5) is 11.6 Å². The quantitative estimate of drug-likeness (QED) is 0.720. The van der Waals surface area contributed by atoms with Gasteiger partial charge >= 0.3 is 0 Å². The van der Waals surface area contributed by atoms with Crippen LogP contribution in [0.3, 0.4) is 0 Å². The maximum absolute atomic E-state index is 10.1. The number of aromatic nitrogens is 2. The zero-order chi connectivity index (χ0) is 14.8. The highest BCUT2D eigenvalue weighted by atomic mass is 16.3. The van der Waals surface area contributed by atoms with Gasteiger partial charge in [0.05, 0.1) is 12.1 Å². The average molecular weight is 290 g/mol. The summed E-state index contributed by atoms with van der Waals surface area (Å²) in [5.41, 5.74) is 6.57. The Morgan fingerprint density at radius 1 is 1.29 bits per heavy atom. The number of aliphatic hydroxyl groups excluding tert-OH is 1. The topological polar surface area (TPSA) is 103 Å². The molecule has 2 fully saturated rings. The molecule has 1 saturated heterocycles. The summed E-state index contributed by atoms with van der Waals surface area (Å²) in [7, 11) is 0. The van der Waals surface area contributed by atoms with Gasteiger partial charge in [-0.25, -0.2) is 4.68 Å². The summed E-state index contributed by atoms with van der Waals surface area (Å²) in [6, 6.07) is 2.09. The highest BCUT2D eigenvalue weighted by molar-refractivity contribution is 5.65. The van der Waals surface area contributed by atoms with Crippen LogP contribution in [-0.4, -0.2) is 47.2 Å². The molecule has 0 amide bonds. The molecule has 7 nitrogen and oxygen atoms in total. The summed E-state index contributed by atoms with van der Waals surface area (Å²) in [6.07, 6.45) is 3.20. The van der Waals surface area contributed by atoms with Gasteiger partial charge < -0.3 is 21.1 Å². The zero-order valence-corrected chi connectivity index (χ0v) is 12.1. The molecule has 4 N–H and O–H groups in total. The van der Waals surface area contributed by atoms with E-state index in [9.17, 15) is 10.4 Å². The lowest BCUT2D eigenvalue weighted by atomic mass is 10.2. The first kappa shape index (κ1) is 14.2. The number of aliphatic hydroxyl groups is 1. The Labute approximate surface area is 124 Å². The summed E-state index contributed by atoms with van der Waals surface area (Å²) in [5.74, 6) is 1.05. The van der Waals surface area contributed by atoms with Crippen LogP contribution in [0.5, 0.6) is 0 Å². The van der Waals surface area contributed by atoms with E-state index in [2.05, 4.69) is 21.4 Å². The van der Waals surface area contributed by atoms with Gasteiger partial charge in [-0.15, -0.1) is 0 Å². The number of nitrogens with zero attached hydrogens (tertiary/aromatic N) is 4. The normalized spacial score (nSPS) is 26.6. The molecule has 3 rings (SSSR count). The van der Waals surface area contributed by atoms with Crippen LogP contribution in [0, 0.1) is 11.3 Å². The van der Waals surface area contributed by atoms with Crippen LogP contribution in [0.1, 0.15) is 37.3 Å². The Bertz CT molecular complexity index is 540. The molecular weight excluding hydrogens is 268 g/mol. The van der Waals surface area contributed by atoms with Crippen LogP contribution in [-0.2, 0) is 0 Å². The zero-order valence-electron chi connectivity index (χ0n) is 12.1. The van der Waals surface area contributed by atoms with E-state index in [0.717, 1.165) is 51.9 Å². The second kappa shape index (κ2) is 5.92. The van der Waals surface area contributed by atoms with E-state index in [1.54, 1.807) is 4.68 Å². The van der Waals surface area contributed by atoms with Crippen LogP contribution in [0.25, 0.3) is 0 Å². The van der Waals surface area contributed by atoms with E-state index in [-0.39, 0.29) is 6.04 Å². The summed E-state index contributed by atoms with van der Waals surface area (Å²) in [5, 5.41) is 27.4. The first-order valence-electron chi connectivity index (χ1n) is 7.64. The van der Waals surface area contributed by atoms with E-state index in [1.807, 2.05) is 0 Å². The maximum atomic E-state index is 10.1. The molecule has 0 spiro atoms. The molecule has 0 radical (unpaired) electrons. The fraction of sp³-hybridized carbons (Fsp3) is 0.714. The highest BCUT2D eigenvalue weighted by Gasteiger charge is 2.32. The van der Waals surface area contributed by atoms with Crippen molar-refractivity contribution in [3.8, 4) is 6.07 Å². The van der Waals surface area contributed by atoms with Crippen molar-refractivity contribution in [3.05, 3.63) is 5.56 Å². The van der Waals surface area contributed by atoms with E-state index in [4.69, 9.17) is 5.73 Å². The number of rotatable bonds is 2. The molecule has 1 aromatic heterocycles. The SMILES string of the molecule is N#Cc1c(N2CCCNCC2)nn(C2CCCC2O)c1N. The predicted molar refractivity (Wildman–Crippen MR) is 79.9 cm³/mol. The lowest BCUT2D eigenvalue weighted by Crippen LogP contribution is -2.29. The fourth-order valence-corrected chi connectivity index (χ4v) is 3.28. The molecule has 7 heteroatoms. The van der Waals surface area contributed by atoms with Gasteiger partial charge in [0.15, 0.2) is 5.82 Å². The molecule has 0 aromatic carbocycles.